The first-order valence-corrected chi connectivity index (χ1v) is 5.91. The van der Waals surface area contributed by atoms with Crippen molar-refractivity contribution in [3.05, 3.63) is 30.1 Å². The topological polar surface area (TPSA) is 61.6 Å². The molecular formula is C12H17FN4O. The zero-order valence-corrected chi connectivity index (χ0v) is 10.1. The zero-order valence-electron chi connectivity index (χ0n) is 10.1. The molecule has 6 heteroatoms. The molecule has 1 fully saturated rings. The Bertz CT molecular complexity index is 401. The van der Waals surface area contributed by atoms with Crippen LogP contribution >= 0.6 is 0 Å². The highest BCUT2D eigenvalue weighted by Gasteiger charge is 2.18. The van der Waals surface area contributed by atoms with Crippen LogP contribution in [0.1, 0.15) is 0 Å². The van der Waals surface area contributed by atoms with Crippen molar-refractivity contribution in [2.24, 2.45) is 5.84 Å². The fraction of sp³-hybridized carbons (Fsp3) is 0.417. The molecule has 1 aliphatic rings. The summed E-state index contributed by atoms with van der Waals surface area (Å²) >= 11 is 0. The van der Waals surface area contributed by atoms with Gasteiger partial charge < -0.3 is 4.90 Å². The molecule has 3 N–H and O–H groups in total. The minimum absolute atomic E-state index is 0.176. The molecule has 18 heavy (non-hydrogen) atoms. The van der Waals surface area contributed by atoms with E-state index in [-0.39, 0.29) is 11.7 Å². The Morgan fingerprint density at radius 3 is 2.39 bits per heavy atom. The first-order chi connectivity index (χ1) is 8.69. The molecular weight excluding hydrogens is 235 g/mol. The number of benzene rings is 1. The predicted molar refractivity (Wildman–Crippen MR) is 67.4 cm³/mol. The van der Waals surface area contributed by atoms with E-state index in [1.54, 1.807) is 12.1 Å². The summed E-state index contributed by atoms with van der Waals surface area (Å²) in [6, 6.07) is 6.47. The highest BCUT2D eigenvalue weighted by molar-refractivity contribution is 5.77. The average Bonchev–Trinajstić information content (AvgIpc) is 2.40. The van der Waals surface area contributed by atoms with E-state index >= 15 is 0 Å². The number of carbonyl (C=O) groups is 1. The maximum atomic E-state index is 12.8. The van der Waals surface area contributed by atoms with E-state index < -0.39 is 0 Å². The number of nitrogens with zero attached hydrogens (tertiary/aromatic N) is 2. The summed E-state index contributed by atoms with van der Waals surface area (Å²) in [6.07, 6.45) is 0. The number of halogens is 1. The molecule has 2 rings (SSSR count). The van der Waals surface area contributed by atoms with E-state index in [0.717, 1.165) is 31.9 Å². The van der Waals surface area contributed by atoms with Gasteiger partial charge in [0.25, 0.3) is 0 Å². The van der Waals surface area contributed by atoms with Gasteiger partial charge in [-0.05, 0) is 24.3 Å². The third-order valence-electron chi connectivity index (χ3n) is 3.09. The lowest BCUT2D eigenvalue weighted by Crippen LogP contribution is -2.50. The Morgan fingerprint density at radius 2 is 1.83 bits per heavy atom. The van der Waals surface area contributed by atoms with E-state index in [9.17, 15) is 9.18 Å². The Hall–Kier alpha value is -1.66. The summed E-state index contributed by atoms with van der Waals surface area (Å²) in [5.74, 6) is 4.65. The van der Waals surface area contributed by atoms with Gasteiger partial charge in [0, 0.05) is 31.9 Å². The number of anilines is 1. The van der Waals surface area contributed by atoms with Crippen molar-refractivity contribution >= 4 is 11.6 Å². The molecule has 1 saturated heterocycles. The lowest BCUT2D eigenvalue weighted by Gasteiger charge is -2.35. The van der Waals surface area contributed by atoms with Gasteiger partial charge in [-0.2, -0.15) is 0 Å². The van der Waals surface area contributed by atoms with E-state index in [0.29, 0.717) is 6.54 Å². The van der Waals surface area contributed by atoms with Gasteiger partial charge in [0.2, 0.25) is 5.91 Å². The van der Waals surface area contributed by atoms with Crippen LogP contribution in [0.5, 0.6) is 0 Å². The average molecular weight is 252 g/mol. The number of carbonyl (C=O) groups excluding carboxylic acids is 1. The van der Waals surface area contributed by atoms with Crippen molar-refractivity contribution in [2.45, 2.75) is 0 Å². The molecule has 1 aliphatic heterocycles. The van der Waals surface area contributed by atoms with Crippen LogP contribution in [0.15, 0.2) is 24.3 Å². The van der Waals surface area contributed by atoms with E-state index in [1.807, 2.05) is 4.90 Å². The van der Waals surface area contributed by atoms with Crippen LogP contribution in [0.4, 0.5) is 10.1 Å². The van der Waals surface area contributed by atoms with Gasteiger partial charge in [0.05, 0.1) is 6.54 Å². The molecule has 0 bridgehead atoms. The lowest BCUT2D eigenvalue weighted by molar-refractivity contribution is -0.122. The third kappa shape index (κ3) is 3.18. The van der Waals surface area contributed by atoms with E-state index in [4.69, 9.17) is 5.84 Å². The number of amides is 1. The highest BCUT2D eigenvalue weighted by atomic mass is 19.1. The Morgan fingerprint density at radius 1 is 1.22 bits per heavy atom. The molecule has 98 valence electrons. The normalized spacial score (nSPS) is 16.7. The molecule has 0 atom stereocenters. The maximum absolute atomic E-state index is 12.8. The number of nitrogens with one attached hydrogen (secondary N) is 1. The number of hydrogen-bond donors (Lipinski definition) is 2. The number of hydrazine groups is 1. The van der Waals surface area contributed by atoms with Crippen LogP contribution in [0, 0.1) is 5.82 Å². The predicted octanol–water partition coefficient (Wildman–Crippen LogP) is -0.0624. The summed E-state index contributed by atoms with van der Waals surface area (Å²) < 4.78 is 12.8. The molecule has 0 saturated carbocycles. The molecule has 0 radical (unpaired) electrons. The number of rotatable bonds is 3. The van der Waals surface area contributed by atoms with Gasteiger partial charge in [-0.1, -0.05) is 0 Å². The monoisotopic (exact) mass is 252 g/mol. The van der Waals surface area contributed by atoms with E-state index in [1.165, 1.54) is 12.1 Å². The second-order valence-electron chi connectivity index (χ2n) is 4.31. The van der Waals surface area contributed by atoms with Crippen molar-refractivity contribution in [1.82, 2.24) is 10.3 Å². The minimum atomic E-state index is -0.225. The van der Waals surface area contributed by atoms with Gasteiger partial charge >= 0.3 is 0 Å². The number of hydrogen-bond acceptors (Lipinski definition) is 4. The van der Waals surface area contributed by atoms with Gasteiger partial charge in [0.1, 0.15) is 5.82 Å². The van der Waals surface area contributed by atoms with E-state index in [2.05, 4.69) is 10.3 Å². The van der Waals surface area contributed by atoms with Crippen molar-refractivity contribution in [3.63, 3.8) is 0 Å². The number of nitrogens with two attached hydrogens (primary N) is 1. The lowest BCUT2D eigenvalue weighted by atomic mass is 10.2. The summed E-state index contributed by atoms with van der Waals surface area (Å²) in [6.45, 7) is 3.57. The van der Waals surface area contributed by atoms with Crippen molar-refractivity contribution < 1.29 is 9.18 Å². The molecule has 5 nitrogen and oxygen atoms in total. The van der Waals surface area contributed by atoms with Crippen molar-refractivity contribution in [2.75, 3.05) is 37.6 Å². The summed E-state index contributed by atoms with van der Waals surface area (Å²) in [4.78, 5) is 15.4. The fourth-order valence-corrected chi connectivity index (χ4v) is 2.06. The quantitative estimate of drug-likeness (QED) is 0.449. The van der Waals surface area contributed by atoms with Gasteiger partial charge in [-0.3, -0.25) is 15.1 Å². The Balaban J connectivity index is 1.86. The fourth-order valence-electron chi connectivity index (χ4n) is 2.06. The van der Waals surface area contributed by atoms with Crippen LogP contribution in [-0.4, -0.2) is 43.5 Å². The van der Waals surface area contributed by atoms with Crippen LogP contribution in [0.3, 0.4) is 0 Å². The second-order valence-corrected chi connectivity index (χ2v) is 4.31. The first kappa shape index (κ1) is 12.8. The largest absolute Gasteiger partial charge is 0.369 e. The van der Waals surface area contributed by atoms with Gasteiger partial charge in [-0.25, -0.2) is 10.2 Å². The highest BCUT2D eigenvalue weighted by Crippen LogP contribution is 2.16. The third-order valence-corrected chi connectivity index (χ3v) is 3.09. The molecule has 0 aromatic heterocycles. The summed E-state index contributed by atoms with van der Waals surface area (Å²) in [5, 5.41) is 0. The van der Waals surface area contributed by atoms with Crippen molar-refractivity contribution in [1.29, 1.82) is 0 Å². The Kier molecular flexibility index (Phi) is 4.11. The van der Waals surface area contributed by atoms with Gasteiger partial charge in [-0.15, -0.1) is 0 Å². The standard InChI is InChI=1S/C12H17FN4O/c13-10-1-3-11(4-2-10)17-7-5-16(6-8-17)9-12(18)15-14/h1-4H,5-9,14H2,(H,15,18). The minimum Gasteiger partial charge on any atom is -0.369 e. The van der Waals surface area contributed by atoms with Crippen LogP contribution in [-0.2, 0) is 4.79 Å². The van der Waals surface area contributed by atoms with Gasteiger partial charge in [0.15, 0.2) is 0 Å². The summed E-state index contributed by atoms with van der Waals surface area (Å²) in [7, 11) is 0. The van der Waals surface area contributed by atoms with Crippen molar-refractivity contribution in [3.8, 4) is 0 Å². The number of piperazine rings is 1. The molecule has 0 aliphatic carbocycles. The molecule has 0 spiro atoms. The van der Waals surface area contributed by atoms with Crippen LogP contribution in [0.25, 0.3) is 0 Å². The Labute approximate surface area is 105 Å². The first-order valence-electron chi connectivity index (χ1n) is 5.91. The SMILES string of the molecule is NNC(=O)CN1CCN(c2ccc(F)cc2)CC1. The molecule has 1 heterocycles. The summed E-state index contributed by atoms with van der Waals surface area (Å²) in [5.41, 5.74) is 3.14. The molecule has 0 unspecified atom stereocenters. The molecule has 1 aromatic rings. The van der Waals surface area contributed by atoms with Crippen LogP contribution in [0.2, 0.25) is 0 Å². The van der Waals surface area contributed by atoms with Crippen LogP contribution < -0.4 is 16.2 Å². The smallest absolute Gasteiger partial charge is 0.248 e. The second kappa shape index (κ2) is 5.79. The molecule has 1 aromatic carbocycles. The zero-order chi connectivity index (χ0) is 13.0. The molecule has 1 amide bonds. The maximum Gasteiger partial charge on any atom is 0.248 e.